The minimum absolute atomic E-state index is 0.0570. The number of thioether (sulfide) groups is 1. The molecule has 4 nitrogen and oxygen atoms in total. The maximum atomic E-state index is 13.2. The lowest BCUT2D eigenvalue weighted by atomic mass is 10.2. The molecule has 0 bridgehead atoms. The lowest BCUT2D eigenvalue weighted by molar-refractivity contribution is -0.122. The standard InChI is InChI=1S/C22H18ClFN2O2S2/c23-17-14-16(11-12-18(17)24)25-20(27)10-5-13-26-21(28)19(30-22(26)29)9-4-8-15-6-2-1-3-7-15/h1-4,6-9,11-12,14H,5,10,13H2,(H,25,27). The summed E-state index contributed by atoms with van der Waals surface area (Å²) in [6.07, 6.45) is 6.12. The van der Waals surface area contributed by atoms with Crippen LogP contribution in [0.1, 0.15) is 18.4 Å². The molecule has 1 aliphatic heterocycles. The topological polar surface area (TPSA) is 49.4 Å². The minimum Gasteiger partial charge on any atom is -0.326 e. The number of anilines is 1. The molecule has 2 aromatic carbocycles. The van der Waals surface area contributed by atoms with Gasteiger partial charge in [-0.3, -0.25) is 14.5 Å². The Kier molecular flexibility index (Phi) is 7.79. The van der Waals surface area contributed by atoms with Gasteiger partial charge in [-0.05, 0) is 36.3 Å². The van der Waals surface area contributed by atoms with Crippen molar-refractivity contribution < 1.29 is 14.0 Å². The monoisotopic (exact) mass is 460 g/mol. The van der Waals surface area contributed by atoms with Gasteiger partial charge in [0.05, 0.1) is 9.93 Å². The number of amides is 2. The van der Waals surface area contributed by atoms with Crippen molar-refractivity contribution in [2.45, 2.75) is 12.8 Å². The van der Waals surface area contributed by atoms with Gasteiger partial charge in [-0.2, -0.15) is 0 Å². The van der Waals surface area contributed by atoms with E-state index in [1.54, 1.807) is 6.08 Å². The Bertz CT molecular complexity index is 1030. The van der Waals surface area contributed by atoms with Crippen LogP contribution >= 0.6 is 35.6 Å². The second-order valence-electron chi connectivity index (χ2n) is 6.41. The van der Waals surface area contributed by atoms with Crippen molar-refractivity contribution in [3.8, 4) is 0 Å². The van der Waals surface area contributed by atoms with Crippen molar-refractivity contribution in [3.05, 3.63) is 82.0 Å². The number of allylic oxidation sites excluding steroid dienone is 2. The average Bonchev–Trinajstić information content (AvgIpc) is 2.99. The molecule has 1 N–H and O–H groups in total. The third kappa shape index (κ3) is 6.01. The highest BCUT2D eigenvalue weighted by molar-refractivity contribution is 8.26. The van der Waals surface area contributed by atoms with Gasteiger partial charge in [-0.15, -0.1) is 0 Å². The van der Waals surface area contributed by atoms with E-state index in [1.807, 2.05) is 42.5 Å². The highest BCUT2D eigenvalue weighted by Gasteiger charge is 2.31. The highest BCUT2D eigenvalue weighted by Crippen LogP contribution is 2.31. The maximum absolute atomic E-state index is 13.2. The zero-order valence-corrected chi connectivity index (χ0v) is 18.2. The summed E-state index contributed by atoms with van der Waals surface area (Å²) in [5.74, 6) is -0.950. The normalized spacial score (nSPS) is 15.4. The Morgan fingerprint density at radius 2 is 2.00 bits per heavy atom. The fraction of sp³-hybridized carbons (Fsp3) is 0.136. The maximum Gasteiger partial charge on any atom is 0.266 e. The van der Waals surface area contributed by atoms with E-state index in [9.17, 15) is 14.0 Å². The number of halogens is 2. The van der Waals surface area contributed by atoms with Crippen LogP contribution in [0.15, 0.2) is 65.6 Å². The van der Waals surface area contributed by atoms with E-state index < -0.39 is 5.82 Å². The van der Waals surface area contributed by atoms with E-state index in [0.29, 0.717) is 27.9 Å². The molecule has 0 aromatic heterocycles. The van der Waals surface area contributed by atoms with Gasteiger partial charge in [0.1, 0.15) is 10.1 Å². The summed E-state index contributed by atoms with van der Waals surface area (Å²) in [7, 11) is 0. The largest absolute Gasteiger partial charge is 0.326 e. The van der Waals surface area contributed by atoms with Gasteiger partial charge in [0.25, 0.3) is 5.91 Å². The lowest BCUT2D eigenvalue weighted by Crippen LogP contribution is -2.29. The average molecular weight is 461 g/mol. The first kappa shape index (κ1) is 22.2. The van der Waals surface area contributed by atoms with Crippen LogP contribution in [-0.2, 0) is 9.59 Å². The molecule has 3 rings (SSSR count). The molecule has 2 aromatic rings. The predicted molar refractivity (Wildman–Crippen MR) is 125 cm³/mol. The minimum atomic E-state index is -0.546. The first-order chi connectivity index (χ1) is 14.4. The van der Waals surface area contributed by atoms with Crippen molar-refractivity contribution in [2.75, 3.05) is 11.9 Å². The molecule has 0 saturated carbocycles. The molecule has 154 valence electrons. The number of hydrogen-bond donors (Lipinski definition) is 1. The molecule has 0 radical (unpaired) electrons. The van der Waals surface area contributed by atoms with Gasteiger partial charge in [0.2, 0.25) is 5.91 Å². The first-order valence-electron chi connectivity index (χ1n) is 9.16. The van der Waals surface area contributed by atoms with Crippen LogP contribution in [0, 0.1) is 5.82 Å². The zero-order valence-electron chi connectivity index (χ0n) is 15.8. The molecular formula is C22H18ClFN2O2S2. The summed E-state index contributed by atoms with van der Waals surface area (Å²) in [4.78, 5) is 26.7. The Balaban J connectivity index is 1.49. The Morgan fingerprint density at radius 1 is 1.23 bits per heavy atom. The van der Waals surface area contributed by atoms with Crippen molar-refractivity contribution in [2.24, 2.45) is 0 Å². The van der Waals surface area contributed by atoms with E-state index in [0.717, 1.165) is 5.56 Å². The number of thiocarbonyl (C=S) groups is 1. The molecule has 0 atom stereocenters. The van der Waals surface area contributed by atoms with Crippen LogP contribution in [0.3, 0.4) is 0 Å². The van der Waals surface area contributed by atoms with Crippen molar-refractivity contribution >= 4 is 63.5 Å². The molecule has 1 fully saturated rings. The quantitative estimate of drug-likeness (QED) is 0.428. The number of nitrogens with one attached hydrogen (secondary N) is 1. The third-order valence-electron chi connectivity index (χ3n) is 4.20. The van der Waals surface area contributed by atoms with Crippen molar-refractivity contribution in [1.82, 2.24) is 4.90 Å². The Labute approximate surface area is 188 Å². The summed E-state index contributed by atoms with van der Waals surface area (Å²) >= 11 is 12.3. The molecule has 1 saturated heterocycles. The van der Waals surface area contributed by atoms with Crippen LogP contribution in [0.5, 0.6) is 0 Å². The van der Waals surface area contributed by atoms with Gasteiger partial charge in [0.15, 0.2) is 0 Å². The van der Waals surface area contributed by atoms with Crippen LogP contribution < -0.4 is 5.32 Å². The van der Waals surface area contributed by atoms with Gasteiger partial charge in [0, 0.05) is 18.7 Å². The summed E-state index contributed by atoms with van der Waals surface area (Å²) in [6, 6.07) is 13.8. The Morgan fingerprint density at radius 3 is 2.73 bits per heavy atom. The van der Waals surface area contributed by atoms with Crippen LogP contribution in [0.2, 0.25) is 5.02 Å². The Hall–Kier alpha value is -2.48. The van der Waals surface area contributed by atoms with E-state index in [4.69, 9.17) is 23.8 Å². The number of hydrogen-bond acceptors (Lipinski definition) is 4. The molecule has 1 heterocycles. The number of nitrogens with zero attached hydrogens (tertiary/aromatic N) is 1. The molecule has 2 amide bonds. The van der Waals surface area contributed by atoms with Crippen molar-refractivity contribution in [3.63, 3.8) is 0 Å². The van der Waals surface area contributed by atoms with E-state index in [1.165, 1.54) is 34.9 Å². The molecule has 0 unspecified atom stereocenters. The summed E-state index contributed by atoms with van der Waals surface area (Å²) < 4.78 is 13.7. The predicted octanol–water partition coefficient (Wildman–Crippen LogP) is 5.66. The number of rotatable bonds is 7. The van der Waals surface area contributed by atoms with Gasteiger partial charge in [-0.25, -0.2) is 4.39 Å². The summed E-state index contributed by atoms with van der Waals surface area (Å²) in [5.41, 5.74) is 1.46. The summed E-state index contributed by atoms with van der Waals surface area (Å²) in [6.45, 7) is 0.349. The number of carbonyl (C=O) groups is 2. The van der Waals surface area contributed by atoms with Crippen molar-refractivity contribution in [1.29, 1.82) is 0 Å². The van der Waals surface area contributed by atoms with Crippen LogP contribution in [0.25, 0.3) is 6.08 Å². The first-order valence-corrected chi connectivity index (χ1v) is 10.8. The van der Waals surface area contributed by atoms with Crippen LogP contribution in [-0.4, -0.2) is 27.6 Å². The smallest absolute Gasteiger partial charge is 0.266 e. The second-order valence-corrected chi connectivity index (χ2v) is 8.49. The van der Waals surface area contributed by atoms with Gasteiger partial charge < -0.3 is 5.32 Å². The highest BCUT2D eigenvalue weighted by atomic mass is 35.5. The van der Waals surface area contributed by atoms with E-state index in [-0.39, 0.29) is 23.3 Å². The van der Waals surface area contributed by atoms with E-state index in [2.05, 4.69) is 5.32 Å². The summed E-state index contributed by atoms with van der Waals surface area (Å²) in [5, 5.41) is 2.60. The molecule has 0 spiro atoms. The number of benzene rings is 2. The molecule has 30 heavy (non-hydrogen) atoms. The molecule has 1 aliphatic rings. The second kappa shape index (κ2) is 10.5. The third-order valence-corrected chi connectivity index (χ3v) is 5.88. The SMILES string of the molecule is O=C(CCCN1C(=O)C(=CC=Cc2ccccc2)SC1=S)Nc1ccc(F)c(Cl)c1. The fourth-order valence-corrected chi connectivity index (χ4v) is 4.15. The van der Waals surface area contributed by atoms with E-state index >= 15 is 0 Å². The van der Waals surface area contributed by atoms with Crippen LogP contribution in [0.4, 0.5) is 10.1 Å². The van der Waals surface area contributed by atoms with Gasteiger partial charge in [-0.1, -0.05) is 78.1 Å². The number of carbonyl (C=O) groups excluding carboxylic acids is 2. The molecular weight excluding hydrogens is 443 g/mol. The molecule has 0 aliphatic carbocycles. The lowest BCUT2D eigenvalue weighted by Gasteiger charge is -2.14. The molecule has 8 heteroatoms. The zero-order chi connectivity index (χ0) is 21.5. The van der Waals surface area contributed by atoms with Gasteiger partial charge >= 0.3 is 0 Å². The fourth-order valence-electron chi connectivity index (χ4n) is 2.71.